The second kappa shape index (κ2) is 7.62. The third-order valence-electron chi connectivity index (χ3n) is 6.68. The highest BCUT2D eigenvalue weighted by atomic mass is 16.3. The van der Waals surface area contributed by atoms with Gasteiger partial charge in [0.05, 0.1) is 12.1 Å². The van der Waals surface area contributed by atoms with Gasteiger partial charge in [-0.05, 0) is 43.9 Å². The fraction of sp³-hybridized carbons (Fsp3) is 0.542. The van der Waals surface area contributed by atoms with Gasteiger partial charge >= 0.3 is 0 Å². The molecule has 156 valence electrons. The van der Waals surface area contributed by atoms with E-state index in [2.05, 4.69) is 72.0 Å². The maximum atomic E-state index is 11.2. The Morgan fingerprint density at radius 3 is 2.59 bits per heavy atom. The van der Waals surface area contributed by atoms with Gasteiger partial charge in [-0.2, -0.15) is 0 Å². The number of benzene rings is 1. The molecule has 1 aliphatic heterocycles. The van der Waals surface area contributed by atoms with Gasteiger partial charge in [-0.25, -0.2) is 4.98 Å². The number of nitrogens with zero attached hydrogens (tertiary/aromatic N) is 4. The number of rotatable bonds is 5. The molecular weight excluding hydrogens is 360 g/mol. The van der Waals surface area contributed by atoms with Crippen molar-refractivity contribution < 1.29 is 5.11 Å². The van der Waals surface area contributed by atoms with Crippen molar-refractivity contribution in [3.63, 3.8) is 0 Å². The van der Waals surface area contributed by atoms with Gasteiger partial charge in [0.25, 0.3) is 0 Å². The Balaban J connectivity index is 1.46. The van der Waals surface area contributed by atoms with Crippen LogP contribution in [0.2, 0.25) is 0 Å². The lowest BCUT2D eigenvalue weighted by Gasteiger charge is -2.38. The Morgan fingerprint density at radius 2 is 1.90 bits per heavy atom. The first kappa shape index (κ1) is 20.2. The molecule has 3 heterocycles. The van der Waals surface area contributed by atoms with Crippen molar-refractivity contribution >= 4 is 10.9 Å². The maximum absolute atomic E-state index is 11.2. The smallest absolute Gasteiger partial charge is 0.111 e. The monoisotopic (exact) mass is 394 g/mol. The predicted molar refractivity (Wildman–Crippen MR) is 118 cm³/mol. The largest absolute Gasteiger partial charge is 0.388 e. The number of likely N-dealkylation sites (tertiary alicyclic amines) is 1. The summed E-state index contributed by atoms with van der Waals surface area (Å²) in [6.07, 6.45) is 5.44. The van der Waals surface area contributed by atoms with Gasteiger partial charge in [-0.3, -0.25) is 4.90 Å². The summed E-state index contributed by atoms with van der Waals surface area (Å²) in [6, 6.07) is 6.75. The molecular formula is C24H34N4O. The van der Waals surface area contributed by atoms with Crippen molar-refractivity contribution in [2.24, 2.45) is 7.05 Å². The average Bonchev–Trinajstić information content (AvgIpc) is 3.22. The topological polar surface area (TPSA) is 46.2 Å². The molecule has 1 saturated heterocycles. The summed E-state index contributed by atoms with van der Waals surface area (Å²) >= 11 is 0. The van der Waals surface area contributed by atoms with E-state index in [0.29, 0.717) is 12.5 Å². The fourth-order valence-electron chi connectivity index (χ4n) is 4.73. The van der Waals surface area contributed by atoms with E-state index in [4.69, 9.17) is 0 Å². The Hall–Kier alpha value is -2.11. The molecule has 1 N–H and O–H groups in total. The zero-order valence-electron chi connectivity index (χ0n) is 18.4. The minimum atomic E-state index is -0.647. The van der Waals surface area contributed by atoms with Crippen molar-refractivity contribution in [1.82, 2.24) is 19.0 Å². The van der Waals surface area contributed by atoms with E-state index in [0.717, 1.165) is 38.3 Å². The number of piperidine rings is 1. The Kier molecular flexibility index (Phi) is 5.30. The number of hydrogen-bond acceptors (Lipinski definition) is 3. The lowest BCUT2D eigenvalue weighted by Crippen LogP contribution is -2.46. The highest BCUT2D eigenvalue weighted by molar-refractivity contribution is 5.86. The molecule has 2 aromatic heterocycles. The van der Waals surface area contributed by atoms with Gasteiger partial charge in [0.15, 0.2) is 0 Å². The Labute approximate surface area is 174 Å². The van der Waals surface area contributed by atoms with E-state index < -0.39 is 5.60 Å². The average molecular weight is 395 g/mol. The van der Waals surface area contributed by atoms with Gasteiger partial charge in [0.1, 0.15) is 5.82 Å². The van der Waals surface area contributed by atoms with Crippen LogP contribution in [0.4, 0.5) is 0 Å². The van der Waals surface area contributed by atoms with Gasteiger partial charge < -0.3 is 14.2 Å². The minimum Gasteiger partial charge on any atom is -0.388 e. The van der Waals surface area contributed by atoms with Gasteiger partial charge in [0.2, 0.25) is 0 Å². The van der Waals surface area contributed by atoms with Crippen molar-refractivity contribution in [2.75, 3.05) is 13.1 Å². The van der Waals surface area contributed by atoms with Crippen LogP contribution in [-0.4, -0.2) is 42.8 Å². The van der Waals surface area contributed by atoms with Gasteiger partial charge in [-0.15, -0.1) is 0 Å². The lowest BCUT2D eigenvalue weighted by molar-refractivity contribution is -0.0363. The first-order chi connectivity index (χ1) is 13.8. The summed E-state index contributed by atoms with van der Waals surface area (Å²) in [7, 11) is 2.16. The van der Waals surface area contributed by atoms with Gasteiger partial charge in [-0.1, -0.05) is 26.0 Å². The van der Waals surface area contributed by atoms with E-state index in [1.165, 1.54) is 27.7 Å². The van der Waals surface area contributed by atoms with Crippen LogP contribution in [-0.2, 0) is 20.1 Å². The quantitative estimate of drug-likeness (QED) is 0.707. The minimum absolute atomic E-state index is 0.367. The van der Waals surface area contributed by atoms with Crippen LogP contribution in [0.3, 0.4) is 0 Å². The molecule has 29 heavy (non-hydrogen) atoms. The molecule has 0 atom stereocenters. The lowest BCUT2D eigenvalue weighted by atomic mass is 9.90. The van der Waals surface area contributed by atoms with Crippen LogP contribution in [0, 0.1) is 13.8 Å². The fourth-order valence-corrected chi connectivity index (χ4v) is 4.73. The maximum Gasteiger partial charge on any atom is 0.111 e. The van der Waals surface area contributed by atoms with Crippen molar-refractivity contribution in [3.05, 3.63) is 53.2 Å². The second-order valence-electron chi connectivity index (χ2n) is 9.21. The van der Waals surface area contributed by atoms with Crippen LogP contribution in [0.15, 0.2) is 30.6 Å². The number of aryl methyl sites for hydroxylation is 2. The third-order valence-corrected chi connectivity index (χ3v) is 6.68. The number of aliphatic hydroxyl groups is 1. The van der Waals surface area contributed by atoms with Crippen LogP contribution in [0.5, 0.6) is 0 Å². The van der Waals surface area contributed by atoms with E-state index >= 15 is 0 Å². The molecule has 0 saturated carbocycles. The summed E-state index contributed by atoms with van der Waals surface area (Å²) in [5.74, 6) is 1.43. The first-order valence-corrected chi connectivity index (χ1v) is 10.8. The summed E-state index contributed by atoms with van der Waals surface area (Å²) in [5.41, 5.74) is 4.72. The molecule has 0 amide bonds. The molecule has 0 aliphatic carbocycles. The molecule has 0 unspecified atom stereocenters. The zero-order chi connectivity index (χ0) is 20.8. The number of aromatic nitrogens is 3. The van der Waals surface area contributed by atoms with E-state index in [9.17, 15) is 5.11 Å². The molecule has 5 nitrogen and oxygen atoms in total. The predicted octanol–water partition coefficient (Wildman–Crippen LogP) is 4.14. The van der Waals surface area contributed by atoms with Crippen molar-refractivity contribution in [1.29, 1.82) is 0 Å². The molecule has 1 aliphatic rings. The Bertz CT molecular complexity index is 1010. The molecule has 1 fully saturated rings. The van der Waals surface area contributed by atoms with E-state index in [1.54, 1.807) is 0 Å². The highest BCUT2D eigenvalue weighted by Crippen LogP contribution is 2.30. The standard InChI is InChI=1S/C24H34N4O/c1-17(2)23-25-10-13-28(23)16-24(29)8-11-27(12-9-24)15-21-19(4)26(5)22-14-18(3)6-7-20(21)22/h6-7,10,13-14,17,29H,8-9,11-12,15-16H2,1-5H3. The highest BCUT2D eigenvalue weighted by Gasteiger charge is 2.33. The molecule has 0 radical (unpaired) electrons. The molecule has 5 heteroatoms. The number of imidazole rings is 1. The van der Waals surface area contributed by atoms with Gasteiger partial charge in [0, 0.05) is 61.6 Å². The Morgan fingerprint density at radius 1 is 1.17 bits per heavy atom. The van der Waals surface area contributed by atoms with Crippen LogP contribution < -0.4 is 0 Å². The molecule has 3 aromatic rings. The number of fused-ring (bicyclic) bond motifs is 1. The van der Waals surface area contributed by atoms with E-state index in [-0.39, 0.29) is 0 Å². The molecule has 4 rings (SSSR count). The molecule has 1 aromatic carbocycles. The third kappa shape index (κ3) is 3.86. The van der Waals surface area contributed by atoms with Crippen molar-refractivity contribution in [2.45, 2.75) is 65.1 Å². The zero-order valence-corrected chi connectivity index (χ0v) is 18.4. The summed E-state index contributed by atoms with van der Waals surface area (Å²) in [6.45, 7) is 12.1. The first-order valence-electron chi connectivity index (χ1n) is 10.8. The van der Waals surface area contributed by atoms with Crippen LogP contribution in [0.25, 0.3) is 10.9 Å². The summed E-state index contributed by atoms with van der Waals surface area (Å²) in [4.78, 5) is 6.96. The van der Waals surface area contributed by atoms with Crippen LogP contribution in [0.1, 0.15) is 55.3 Å². The van der Waals surface area contributed by atoms with Crippen LogP contribution >= 0.6 is 0 Å². The van der Waals surface area contributed by atoms with E-state index in [1.807, 2.05) is 12.4 Å². The second-order valence-corrected chi connectivity index (χ2v) is 9.21. The summed E-state index contributed by atoms with van der Waals surface area (Å²) in [5, 5.41) is 12.6. The normalized spacial score (nSPS) is 17.5. The SMILES string of the molecule is Cc1ccc2c(CN3CCC(O)(Cn4ccnc4C(C)C)CC3)c(C)n(C)c2c1. The van der Waals surface area contributed by atoms with Crippen molar-refractivity contribution in [3.8, 4) is 0 Å². The number of hydrogen-bond donors (Lipinski definition) is 1. The molecule has 0 bridgehead atoms. The molecule has 0 spiro atoms. The summed E-state index contributed by atoms with van der Waals surface area (Å²) < 4.78 is 4.45.